The molecule has 1 fully saturated rings. The lowest BCUT2D eigenvalue weighted by Crippen LogP contribution is -2.53. The zero-order chi connectivity index (χ0) is 29.5. The van der Waals surface area contributed by atoms with Gasteiger partial charge in [0.25, 0.3) is 5.91 Å². The lowest BCUT2D eigenvalue weighted by Gasteiger charge is -2.41. The van der Waals surface area contributed by atoms with Crippen molar-refractivity contribution in [1.82, 2.24) is 10.3 Å². The van der Waals surface area contributed by atoms with Crippen LogP contribution < -0.4 is 20.9 Å². The molecule has 1 aliphatic heterocycles. The Balaban J connectivity index is 1.17. The maximum Gasteiger partial charge on any atom is 0.407 e. The van der Waals surface area contributed by atoms with Crippen LogP contribution in [0.25, 0.3) is 0 Å². The Labute approximate surface area is 251 Å². The van der Waals surface area contributed by atoms with Crippen molar-refractivity contribution in [3.05, 3.63) is 87.6 Å². The van der Waals surface area contributed by atoms with Crippen LogP contribution in [0.4, 0.5) is 27.0 Å². The molecule has 0 saturated carbocycles. The Hall–Kier alpha value is -4.42. The molecule has 12 heteroatoms. The third-order valence-electron chi connectivity index (χ3n) is 6.99. The summed E-state index contributed by atoms with van der Waals surface area (Å²) in [5, 5.41) is 13.1. The second-order valence-electron chi connectivity index (χ2n) is 10.0. The number of para-hydroxylation sites is 2. The molecule has 0 unspecified atom stereocenters. The first-order valence-electron chi connectivity index (χ1n) is 13.4. The molecular formula is C30H31N5O5S2. The number of aromatic nitrogens is 1. The smallest absolute Gasteiger partial charge is 0.407 e. The van der Waals surface area contributed by atoms with Crippen LogP contribution in [-0.4, -0.2) is 48.7 Å². The zero-order valence-electron chi connectivity index (χ0n) is 23.2. The Morgan fingerprint density at radius 1 is 0.976 bits per heavy atom. The fourth-order valence-electron chi connectivity index (χ4n) is 4.62. The molecular weight excluding hydrogens is 574 g/mol. The fourth-order valence-corrected chi connectivity index (χ4v) is 6.09. The minimum Gasteiger partial charge on any atom is -0.465 e. The number of nitrogens with zero attached hydrogens (tertiary/aromatic N) is 2. The van der Waals surface area contributed by atoms with Gasteiger partial charge in [-0.2, -0.15) is 0 Å². The number of anilines is 4. The standard InChI is InChI=1S/C30H31N5O5S2/c1-30(34-29(38)40-18-20-8-4-3-5-9-20)13-15-35(16-14-30)24-11-7-6-10-21(24)31-26(36)23-19-42-28(33-23)32-22-12-17-41-25(22)27(37)39-2/h3-12,17,19H,13-16,18H2,1-2H3,(H,31,36)(H,32,33)(H,34,38). The molecule has 1 saturated heterocycles. The van der Waals surface area contributed by atoms with Crippen molar-refractivity contribution in [1.29, 1.82) is 0 Å². The zero-order valence-corrected chi connectivity index (χ0v) is 24.8. The van der Waals surface area contributed by atoms with E-state index in [9.17, 15) is 14.4 Å². The second-order valence-corrected chi connectivity index (χ2v) is 11.8. The Bertz CT molecular complexity index is 1550. The van der Waals surface area contributed by atoms with E-state index in [1.165, 1.54) is 29.8 Å². The van der Waals surface area contributed by atoms with Crippen LogP contribution in [0.1, 0.15) is 45.5 Å². The first-order valence-corrected chi connectivity index (χ1v) is 15.1. The molecule has 0 atom stereocenters. The van der Waals surface area contributed by atoms with Crippen molar-refractivity contribution >= 4 is 62.8 Å². The van der Waals surface area contributed by atoms with Gasteiger partial charge in [0.1, 0.15) is 17.2 Å². The van der Waals surface area contributed by atoms with E-state index in [0.29, 0.717) is 47.3 Å². The molecule has 0 bridgehead atoms. The van der Waals surface area contributed by atoms with Crippen molar-refractivity contribution < 1.29 is 23.9 Å². The van der Waals surface area contributed by atoms with E-state index in [1.807, 2.05) is 61.5 Å². The predicted molar refractivity (Wildman–Crippen MR) is 165 cm³/mol. The summed E-state index contributed by atoms with van der Waals surface area (Å²) in [6.45, 7) is 3.63. The van der Waals surface area contributed by atoms with Crippen molar-refractivity contribution in [2.24, 2.45) is 0 Å². The van der Waals surface area contributed by atoms with E-state index in [-0.39, 0.29) is 18.2 Å². The van der Waals surface area contributed by atoms with Crippen LogP contribution in [0, 0.1) is 0 Å². The number of hydrogen-bond acceptors (Lipinski definition) is 10. The first kappa shape index (κ1) is 29.1. The van der Waals surface area contributed by atoms with Gasteiger partial charge >= 0.3 is 12.1 Å². The molecule has 3 heterocycles. The summed E-state index contributed by atoms with van der Waals surface area (Å²) < 4.78 is 10.2. The Kier molecular flexibility index (Phi) is 9.03. The van der Waals surface area contributed by atoms with Crippen LogP contribution in [-0.2, 0) is 16.1 Å². The molecule has 4 aromatic rings. The monoisotopic (exact) mass is 605 g/mol. The summed E-state index contributed by atoms with van der Waals surface area (Å²) >= 11 is 2.53. The molecule has 218 valence electrons. The summed E-state index contributed by atoms with van der Waals surface area (Å²) in [6.07, 6.45) is 1.00. The summed E-state index contributed by atoms with van der Waals surface area (Å²) in [7, 11) is 1.33. The summed E-state index contributed by atoms with van der Waals surface area (Å²) in [5.41, 5.74) is 2.95. The van der Waals surface area contributed by atoms with E-state index in [2.05, 4.69) is 25.8 Å². The highest BCUT2D eigenvalue weighted by Gasteiger charge is 2.33. The maximum absolute atomic E-state index is 13.1. The van der Waals surface area contributed by atoms with Crippen molar-refractivity contribution in [2.75, 3.05) is 35.7 Å². The average Bonchev–Trinajstić information content (AvgIpc) is 3.67. The summed E-state index contributed by atoms with van der Waals surface area (Å²) in [6, 6.07) is 19.0. The number of rotatable bonds is 9. The van der Waals surface area contributed by atoms with E-state index in [4.69, 9.17) is 9.47 Å². The number of ether oxygens (including phenoxy) is 2. The number of thiophene rings is 1. The maximum atomic E-state index is 13.1. The highest BCUT2D eigenvalue weighted by molar-refractivity contribution is 7.14. The topological polar surface area (TPSA) is 122 Å². The van der Waals surface area contributed by atoms with E-state index in [0.717, 1.165) is 11.3 Å². The molecule has 2 amide bonds. The summed E-state index contributed by atoms with van der Waals surface area (Å²) in [5.74, 6) is -0.773. The number of thiazole rings is 1. The third-order valence-corrected chi connectivity index (χ3v) is 8.64. The minimum absolute atomic E-state index is 0.223. The van der Waals surface area contributed by atoms with Crippen LogP contribution >= 0.6 is 22.7 Å². The molecule has 0 spiro atoms. The normalized spacial score (nSPS) is 14.1. The number of piperidine rings is 1. The second kappa shape index (κ2) is 13.0. The van der Waals surface area contributed by atoms with Gasteiger partial charge in [-0.15, -0.1) is 22.7 Å². The molecule has 42 heavy (non-hydrogen) atoms. The third kappa shape index (κ3) is 7.07. The number of carbonyl (C=O) groups excluding carboxylic acids is 3. The van der Waals surface area contributed by atoms with E-state index in [1.54, 1.807) is 16.8 Å². The average molecular weight is 606 g/mol. The Morgan fingerprint density at radius 3 is 2.48 bits per heavy atom. The molecule has 0 aliphatic carbocycles. The van der Waals surface area contributed by atoms with Gasteiger partial charge in [0.05, 0.1) is 24.2 Å². The number of carbonyl (C=O) groups is 3. The van der Waals surface area contributed by atoms with Crippen LogP contribution in [0.15, 0.2) is 71.4 Å². The van der Waals surface area contributed by atoms with Crippen molar-refractivity contribution in [3.8, 4) is 0 Å². The summed E-state index contributed by atoms with van der Waals surface area (Å²) in [4.78, 5) is 44.6. The largest absolute Gasteiger partial charge is 0.465 e. The number of nitrogens with one attached hydrogen (secondary N) is 3. The number of amides is 2. The van der Waals surface area contributed by atoms with Gasteiger partial charge in [0, 0.05) is 24.0 Å². The van der Waals surface area contributed by atoms with Gasteiger partial charge < -0.3 is 30.3 Å². The minimum atomic E-state index is -0.435. The van der Waals surface area contributed by atoms with Crippen LogP contribution in [0.3, 0.4) is 0 Å². The van der Waals surface area contributed by atoms with Crippen LogP contribution in [0.5, 0.6) is 0 Å². The number of hydrogen-bond donors (Lipinski definition) is 3. The Morgan fingerprint density at radius 2 is 1.71 bits per heavy atom. The number of benzene rings is 2. The van der Waals surface area contributed by atoms with Crippen molar-refractivity contribution in [3.63, 3.8) is 0 Å². The molecule has 2 aromatic carbocycles. The van der Waals surface area contributed by atoms with Gasteiger partial charge in [-0.1, -0.05) is 42.5 Å². The predicted octanol–water partition coefficient (Wildman–Crippen LogP) is 6.27. The lowest BCUT2D eigenvalue weighted by atomic mass is 9.89. The van der Waals surface area contributed by atoms with Gasteiger partial charge in [0.15, 0.2) is 5.13 Å². The number of methoxy groups -OCH3 is 1. The fraction of sp³-hybridized carbons (Fsp3) is 0.267. The molecule has 1 aliphatic rings. The molecule has 10 nitrogen and oxygen atoms in total. The first-order chi connectivity index (χ1) is 20.3. The number of esters is 1. The molecule has 5 rings (SSSR count). The quantitative estimate of drug-likeness (QED) is 0.191. The SMILES string of the molecule is COC(=O)c1sccc1Nc1nc(C(=O)Nc2ccccc2N2CCC(C)(NC(=O)OCc3ccccc3)CC2)cs1. The molecule has 3 N–H and O–H groups in total. The highest BCUT2D eigenvalue weighted by atomic mass is 32.1. The van der Waals surface area contributed by atoms with Crippen LogP contribution in [0.2, 0.25) is 0 Å². The molecule has 0 radical (unpaired) electrons. The number of alkyl carbamates (subject to hydrolysis) is 1. The van der Waals surface area contributed by atoms with Gasteiger partial charge in [-0.3, -0.25) is 4.79 Å². The lowest BCUT2D eigenvalue weighted by molar-refractivity contribution is 0.0607. The van der Waals surface area contributed by atoms with E-state index < -0.39 is 17.6 Å². The van der Waals surface area contributed by atoms with Gasteiger partial charge in [-0.05, 0) is 48.9 Å². The van der Waals surface area contributed by atoms with E-state index >= 15 is 0 Å². The van der Waals surface area contributed by atoms with Gasteiger partial charge in [0.2, 0.25) is 0 Å². The highest BCUT2D eigenvalue weighted by Crippen LogP contribution is 2.32. The molecule has 2 aromatic heterocycles. The van der Waals surface area contributed by atoms with Gasteiger partial charge in [-0.25, -0.2) is 14.6 Å². The van der Waals surface area contributed by atoms with Crippen molar-refractivity contribution in [2.45, 2.75) is 31.9 Å².